The molecule has 0 spiro atoms. The molecule has 1 aromatic carbocycles. The molecule has 1 aromatic heterocycles. The predicted octanol–water partition coefficient (Wildman–Crippen LogP) is 2.45. The molecule has 20 heavy (non-hydrogen) atoms. The van der Waals surface area contributed by atoms with Gasteiger partial charge in [0.2, 0.25) is 0 Å². The van der Waals surface area contributed by atoms with E-state index in [1.165, 1.54) is 16.8 Å². The Morgan fingerprint density at radius 1 is 1.40 bits per heavy atom. The van der Waals surface area contributed by atoms with Gasteiger partial charge in [0.15, 0.2) is 0 Å². The zero-order valence-corrected chi connectivity index (χ0v) is 12.5. The molecule has 1 atom stereocenters. The minimum absolute atomic E-state index is 0. The quantitative estimate of drug-likeness (QED) is 0.889. The summed E-state index contributed by atoms with van der Waals surface area (Å²) >= 11 is 0. The second kappa shape index (κ2) is 6.77. The van der Waals surface area contributed by atoms with Crippen LogP contribution in [0, 0.1) is 0 Å². The molecule has 2 aromatic rings. The van der Waals surface area contributed by atoms with E-state index in [4.69, 9.17) is 0 Å². The fraction of sp³-hybridized carbons (Fsp3) is 0.400. The van der Waals surface area contributed by atoms with Gasteiger partial charge < -0.3 is 10.6 Å². The summed E-state index contributed by atoms with van der Waals surface area (Å²) < 4.78 is 1.96. The Balaban J connectivity index is 0.00000147. The minimum Gasteiger partial charge on any atom is -0.384 e. The van der Waals surface area contributed by atoms with E-state index in [-0.39, 0.29) is 12.4 Å². The Hall–Kier alpha value is -1.52. The number of nitrogens with one attached hydrogen (secondary N) is 2. The minimum atomic E-state index is 0. The van der Waals surface area contributed by atoms with Crippen LogP contribution in [0.3, 0.4) is 0 Å². The Bertz CT molecular complexity index is 539. The Morgan fingerprint density at radius 2 is 2.30 bits per heavy atom. The van der Waals surface area contributed by atoms with Crippen LogP contribution < -0.4 is 10.6 Å². The van der Waals surface area contributed by atoms with Crippen LogP contribution in [0.15, 0.2) is 36.7 Å². The molecule has 2 N–H and O–H groups in total. The topological polar surface area (TPSA) is 41.9 Å². The van der Waals surface area contributed by atoms with Gasteiger partial charge in [0.05, 0.1) is 6.54 Å². The molecule has 5 heteroatoms. The number of rotatable bonds is 5. The average Bonchev–Trinajstić information content (AvgIpc) is 3.06. The Labute approximate surface area is 126 Å². The molecule has 0 saturated carbocycles. The molecule has 0 saturated heterocycles. The third-order valence-electron chi connectivity index (χ3n) is 3.59. The van der Waals surface area contributed by atoms with Gasteiger partial charge >= 0.3 is 0 Å². The van der Waals surface area contributed by atoms with Crippen LogP contribution in [0.1, 0.15) is 18.1 Å². The summed E-state index contributed by atoms with van der Waals surface area (Å²) in [5, 5.41) is 11.3. The van der Waals surface area contributed by atoms with Crippen molar-refractivity contribution < 1.29 is 0 Å². The first-order valence-corrected chi connectivity index (χ1v) is 6.88. The van der Waals surface area contributed by atoms with Crippen molar-refractivity contribution in [3.63, 3.8) is 0 Å². The van der Waals surface area contributed by atoms with Gasteiger partial charge in [-0.2, -0.15) is 5.10 Å². The van der Waals surface area contributed by atoms with E-state index in [1.54, 1.807) is 0 Å². The van der Waals surface area contributed by atoms with E-state index >= 15 is 0 Å². The monoisotopic (exact) mass is 292 g/mol. The van der Waals surface area contributed by atoms with Gasteiger partial charge in [-0.3, -0.25) is 4.68 Å². The summed E-state index contributed by atoms with van der Waals surface area (Å²) in [4.78, 5) is 0. The van der Waals surface area contributed by atoms with Crippen LogP contribution >= 0.6 is 12.4 Å². The molecule has 1 aliphatic heterocycles. The fourth-order valence-electron chi connectivity index (χ4n) is 2.60. The van der Waals surface area contributed by atoms with Gasteiger partial charge in [0.1, 0.15) is 0 Å². The molecule has 2 heterocycles. The van der Waals surface area contributed by atoms with E-state index in [0.717, 1.165) is 26.1 Å². The number of hydrogen-bond acceptors (Lipinski definition) is 3. The second-order valence-electron chi connectivity index (χ2n) is 5.14. The third-order valence-corrected chi connectivity index (χ3v) is 3.59. The number of nitrogens with zero attached hydrogens (tertiary/aromatic N) is 2. The fourth-order valence-corrected chi connectivity index (χ4v) is 2.60. The molecule has 4 nitrogen and oxygen atoms in total. The molecule has 0 bridgehead atoms. The van der Waals surface area contributed by atoms with Crippen LogP contribution in [0.25, 0.3) is 0 Å². The Kier molecular flexibility index (Phi) is 5.04. The molecule has 1 aliphatic rings. The summed E-state index contributed by atoms with van der Waals surface area (Å²) in [6, 6.07) is 8.93. The third kappa shape index (κ3) is 3.32. The standard InChI is InChI=1S/C15H20N4.ClH/c1-12(11-19-9-3-7-18-19)17-10-14-5-2-4-13-6-8-16-15(13)14;/h2-5,7,9,12,16-17H,6,8,10-11H2,1H3;1H. The zero-order valence-electron chi connectivity index (χ0n) is 11.7. The zero-order chi connectivity index (χ0) is 13.1. The summed E-state index contributed by atoms with van der Waals surface area (Å²) in [7, 11) is 0. The van der Waals surface area contributed by atoms with Gasteiger partial charge in [-0.05, 0) is 30.5 Å². The van der Waals surface area contributed by atoms with E-state index in [0.29, 0.717) is 6.04 Å². The number of aromatic nitrogens is 2. The molecule has 3 rings (SSSR count). The van der Waals surface area contributed by atoms with Crippen LogP contribution in [0.5, 0.6) is 0 Å². The van der Waals surface area contributed by atoms with Crippen molar-refractivity contribution in [2.75, 3.05) is 11.9 Å². The average molecular weight is 293 g/mol. The highest BCUT2D eigenvalue weighted by Gasteiger charge is 2.13. The molecule has 108 valence electrons. The van der Waals surface area contributed by atoms with E-state index in [1.807, 2.05) is 23.1 Å². The molecule has 0 amide bonds. The number of fused-ring (bicyclic) bond motifs is 1. The number of hydrogen-bond donors (Lipinski definition) is 2. The van der Waals surface area contributed by atoms with Crippen LogP contribution in [-0.4, -0.2) is 22.4 Å². The number of anilines is 1. The van der Waals surface area contributed by atoms with Crippen LogP contribution in [-0.2, 0) is 19.5 Å². The highest BCUT2D eigenvalue weighted by Crippen LogP contribution is 2.26. The maximum Gasteiger partial charge on any atom is 0.0560 e. The van der Waals surface area contributed by atoms with Gasteiger partial charge in [0, 0.05) is 37.2 Å². The van der Waals surface area contributed by atoms with Crippen molar-refractivity contribution in [2.24, 2.45) is 0 Å². The lowest BCUT2D eigenvalue weighted by Gasteiger charge is -2.15. The van der Waals surface area contributed by atoms with Gasteiger partial charge in [-0.1, -0.05) is 18.2 Å². The highest BCUT2D eigenvalue weighted by atomic mass is 35.5. The van der Waals surface area contributed by atoms with E-state index in [9.17, 15) is 0 Å². The van der Waals surface area contributed by atoms with E-state index in [2.05, 4.69) is 40.9 Å². The first-order valence-electron chi connectivity index (χ1n) is 6.88. The maximum absolute atomic E-state index is 4.23. The van der Waals surface area contributed by atoms with Crippen LogP contribution in [0.2, 0.25) is 0 Å². The highest BCUT2D eigenvalue weighted by molar-refractivity contribution is 5.85. The van der Waals surface area contributed by atoms with Crippen molar-refractivity contribution in [3.8, 4) is 0 Å². The van der Waals surface area contributed by atoms with Crippen molar-refractivity contribution >= 4 is 18.1 Å². The lowest BCUT2D eigenvalue weighted by molar-refractivity contribution is 0.451. The summed E-state index contributed by atoms with van der Waals surface area (Å²) in [5.41, 5.74) is 4.14. The van der Waals surface area contributed by atoms with Crippen molar-refractivity contribution in [1.29, 1.82) is 0 Å². The second-order valence-corrected chi connectivity index (χ2v) is 5.14. The Morgan fingerprint density at radius 3 is 3.10 bits per heavy atom. The molecular weight excluding hydrogens is 272 g/mol. The van der Waals surface area contributed by atoms with Crippen molar-refractivity contribution in [3.05, 3.63) is 47.8 Å². The van der Waals surface area contributed by atoms with Crippen molar-refractivity contribution in [1.82, 2.24) is 15.1 Å². The van der Waals surface area contributed by atoms with Crippen molar-refractivity contribution in [2.45, 2.75) is 32.5 Å². The molecule has 0 aliphatic carbocycles. The normalized spacial score (nSPS) is 14.2. The van der Waals surface area contributed by atoms with E-state index < -0.39 is 0 Å². The summed E-state index contributed by atoms with van der Waals surface area (Å²) in [6.07, 6.45) is 4.96. The smallest absolute Gasteiger partial charge is 0.0560 e. The molecule has 0 radical (unpaired) electrons. The molecular formula is C15H21ClN4. The summed E-state index contributed by atoms with van der Waals surface area (Å²) in [6.45, 7) is 5.06. The lowest BCUT2D eigenvalue weighted by Crippen LogP contribution is -2.30. The van der Waals surface area contributed by atoms with Gasteiger partial charge in [-0.25, -0.2) is 0 Å². The maximum atomic E-state index is 4.23. The first-order chi connectivity index (χ1) is 9.33. The SMILES string of the molecule is CC(Cn1cccn1)NCc1cccc2c1NCC2.Cl. The molecule has 0 fully saturated rings. The molecule has 1 unspecified atom stereocenters. The van der Waals surface area contributed by atoms with Crippen LogP contribution in [0.4, 0.5) is 5.69 Å². The predicted molar refractivity (Wildman–Crippen MR) is 84.4 cm³/mol. The summed E-state index contributed by atoms with van der Waals surface area (Å²) in [5.74, 6) is 0. The first kappa shape index (κ1) is 14.9. The number of halogens is 1. The number of benzene rings is 1. The van der Waals surface area contributed by atoms with Gasteiger partial charge in [0.25, 0.3) is 0 Å². The largest absolute Gasteiger partial charge is 0.384 e. The number of para-hydroxylation sites is 1. The van der Waals surface area contributed by atoms with Gasteiger partial charge in [-0.15, -0.1) is 12.4 Å². The lowest BCUT2D eigenvalue weighted by atomic mass is 10.1.